The van der Waals surface area contributed by atoms with Crippen LogP contribution < -0.4 is 5.56 Å². The molecule has 0 spiro atoms. The van der Waals surface area contributed by atoms with Gasteiger partial charge in [0.2, 0.25) is 5.56 Å². The Morgan fingerprint density at radius 3 is 2.81 bits per heavy atom. The van der Waals surface area contributed by atoms with Crippen LogP contribution in [-0.4, -0.2) is 42.4 Å². The molecule has 0 unspecified atom stereocenters. The van der Waals surface area contributed by atoms with Crippen molar-refractivity contribution in [1.29, 1.82) is 0 Å². The van der Waals surface area contributed by atoms with Crippen LogP contribution in [-0.2, 0) is 26.4 Å². The molecule has 0 radical (unpaired) electrons. The average Bonchev–Trinajstić information content (AvgIpc) is 3.29. The lowest BCUT2D eigenvalue weighted by Crippen LogP contribution is -2.33. The van der Waals surface area contributed by atoms with Crippen molar-refractivity contribution in [3.63, 3.8) is 0 Å². The fourth-order valence-corrected chi connectivity index (χ4v) is 4.40. The van der Waals surface area contributed by atoms with Gasteiger partial charge in [0.05, 0.1) is 5.69 Å². The fourth-order valence-electron chi connectivity index (χ4n) is 4.40. The highest BCUT2D eigenvalue weighted by Gasteiger charge is 2.26. The summed E-state index contributed by atoms with van der Waals surface area (Å²) < 4.78 is 3.63. The molecule has 1 aliphatic carbocycles. The Bertz CT molecular complexity index is 1040. The van der Waals surface area contributed by atoms with E-state index in [1.54, 1.807) is 17.7 Å². The molecule has 0 saturated carbocycles. The van der Waals surface area contributed by atoms with Crippen molar-refractivity contribution < 1.29 is 0 Å². The second kappa shape index (κ2) is 6.56. The fraction of sp³-hybridized carbons (Fsp3) is 0.500. The van der Waals surface area contributed by atoms with Gasteiger partial charge in [-0.25, -0.2) is 0 Å². The Balaban J connectivity index is 1.30. The van der Waals surface area contributed by atoms with Gasteiger partial charge in [-0.2, -0.15) is 9.61 Å². The van der Waals surface area contributed by atoms with Crippen LogP contribution in [0.4, 0.5) is 0 Å². The second-order valence-electron chi connectivity index (χ2n) is 7.83. The van der Waals surface area contributed by atoms with Gasteiger partial charge in [-0.3, -0.25) is 9.69 Å². The van der Waals surface area contributed by atoms with Gasteiger partial charge in [-0.05, 0) is 62.4 Å². The van der Waals surface area contributed by atoms with Gasteiger partial charge in [0.25, 0.3) is 0 Å². The average molecular weight is 364 g/mol. The number of fused-ring (bicyclic) bond motifs is 2. The maximum atomic E-state index is 11.5. The van der Waals surface area contributed by atoms with Crippen molar-refractivity contribution in [2.45, 2.75) is 44.6 Å². The molecule has 2 aliphatic rings. The lowest BCUT2D eigenvalue weighted by atomic mass is 9.96. The van der Waals surface area contributed by atoms with Crippen molar-refractivity contribution >= 4 is 5.65 Å². The zero-order chi connectivity index (χ0) is 18.4. The summed E-state index contributed by atoms with van der Waals surface area (Å²) in [6.45, 7) is 2.92. The van der Waals surface area contributed by atoms with Crippen LogP contribution in [0.2, 0.25) is 0 Å². The molecule has 0 N–H and O–H groups in total. The summed E-state index contributed by atoms with van der Waals surface area (Å²) in [5, 5.41) is 13.7. The number of piperidine rings is 1. The van der Waals surface area contributed by atoms with Crippen LogP contribution in [0.15, 0.2) is 29.2 Å². The van der Waals surface area contributed by atoms with E-state index in [0.717, 1.165) is 56.8 Å². The molecule has 5 rings (SSSR count). The topological polar surface area (TPSA) is 68.3 Å². The van der Waals surface area contributed by atoms with Gasteiger partial charge in [-0.1, -0.05) is 6.07 Å². The molecule has 0 amide bonds. The standard InChI is InChI=1S/C20H24N6O/c1-24-12-14(5-6-19(24)27)13-25-9-7-15(8-10-25)20-22-21-18-11-16-3-2-4-17(16)23-26(18)20/h5-6,11-12,15H,2-4,7-10,13H2,1H3. The number of nitrogens with zero attached hydrogens (tertiary/aromatic N) is 6. The number of hydrogen-bond acceptors (Lipinski definition) is 5. The molecule has 4 heterocycles. The van der Waals surface area contributed by atoms with Crippen LogP contribution in [0.3, 0.4) is 0 Å². The van der Waals surface area contributed by atoms with E-state index in [-0.39, 0.29) is 5.56 Å². The Kier molecular flexibility index (Phi) is 4.04. The Labute approximate surface area is 157 Å². The van der Waals surface area contributed by atoms with Crippen LogP contribution in [0.25, 0.3) is 5.65 Å². The number of likely N-dealkylation sites (tertiary alicyclic amines) is 1. The third kappa shape index (κ3) is 3.06. The molecular weight excluding hydrogens is 340 g/mol. The summed E-state index contributed by atoms with van der Waals surface area (Å²) in [5.41, 5.74) is 4.67. The van der Waals surface area contributed by atoms with E-state index < -0.39 is 0 Å². The summed E-state index contributed by atoms with van der Waals surface area (Å²) >= 11 is 0. The summed E-state index contributed by atoms with van der Waals surface area (Å²) in [7, 11) is 1.80. The van der Waals surface area contributed by atoms with E-state index in [9.17, 15) is 4.79 Å². The zero-order valence-corrected chi connectivity index (χ0v) is 15.6. The lowest BCUT2D eigenvalue weighted by molar-refractivity contribution is 0.200. The molecule has 7 nitrogen and oxygen atoms in total. The first kappa shape index (κ1) is 16.6. The molecule has 0 bridgehead atoms. The first-order valence-electron chi connectivity index (χ1n) is 9.79. The van der Waals surface area contributed by atoms with Gasteiger partial charge < -0.3 is 4.57 Å². The number of pyridine rings is 1. The van der Waals surface area contributed by atoms with Crippen molar-refractivity contribution in [1.82, 2.24) is 29.3 Å². The molecule has 0 aromatic carbocycles. The largest absolute Gasteiger partial charge is 0.318 e. The van der Waals surface area contributed by atoms with Gasteiger partial charge in [0, 0.05) is 31.8 Å². The Morgan fingerprint density at radius 2 is 2.00 bits per heavy atom. The summed E-state index contributed by atoms with van der Waals surface area (Å²) in [6.07, 6.45) is 7.44. The number of rotatable bonds is 3. The van der Waals surface area contributed by atoms with Gasteiger partial charge >= 0.3 is 0 Å². The van der Waals surface area contributed by atoms with E-state index in [2.05, 4.69) is 21.2 Å². The Hall–Kier alpha value is -2.54. The van der Waals surface area contributed by atoms with E-state index in [1.807, 2.05) is 16.8 Å². The summed E-state index contributed by atoms with van der Waals surface area (Å²) in [5.74, 6) is 1.42. The van der Waals surface area contributed by atoms with Crippen molar-refractivity contribution in [3.05, 3.63) is 57.4 Å². The number of hydrogen-bond donors (Lipinski definition) is 0. The highest BCUT2D eigenvalue weighted by atomic mass is 16.1. The van der Waals surface area contributed by atoms with E-state index in [1.165, 1.54) is 23.2 Å². The third-order valence-corrected chi connectivity index (χ3v) is 5.95. The first-order chi connectivity index (χ1) is 13.2. The first-order valence-corrected chi connectivity index (χ1v) is 9.79. The van der Waals surface area contributed by atoms with E-state index in [4.69, 9.17) is 5.10 Å². The molecule has 0 atom stereocenters. The van der Waals surface area contributed by atoms with Crippen LogP contribution in [0.1, 0.15) is 47.8 Å². The minimum absolute atomic E-state index is 0.0372. The molecule has 27 heavy (non-hydrogen) atoms. The van der Waals surface area contributed by atoms with E-state index >= 15 is 0 Å². The molecular formula is C20H24N6O. The van der Waals surface area contributed by atoms with Crippen molar-refractivity contribution in [2.24, 2.45) is 7.05 Å². The molecule has 3 aromatic heterocycles. The lowest BCUT2D eigenvalue weighted by Gasteiger charge is -2.31. The van der Waals surface area contributed by atoms with Gasteiger partial charge in [0.1, 0.15) is 0 Å². The highest BCUT2D eigenvalue weighted by molar-refractivity contribution is 5.43. The molecule has 7 heteroatoms. The van der Waals surface area contributed by atoms with Crippen molar-refractivity contribution in [3.8, 4) is 0 Å². The predicted molar refractivity (Wildman–Crippen MR) is 102 cm³/mol. The quantitative estimate of drug-likeness (QED) is 0.707. The number of aromatic nitrogens is 5. The predicted octanol–water partition coefficient (Wildman–Crippen LogP) is 1.69. The van der Waals surface area contributed by atoms with Crippen LogP contribution in [0, 0.1) is 0 Å². The molecule has 1 aliphatic heterocycles. The normalized spacial score (nSPS) is 18.3. The monoisotopic (exact) mass is 364 g/mol. The maximum absolute atomic E-state index is 11.5. The minimum atomic E-state index is 0.0372. The Morgan fingerprint density at radius 1 is 1.15 bits per heavy atom. The molecule has 1 fully saturated rings. The second-order valence-corrected chi connectivity index (χ2v) is 7.83. The van der Waals surface area contributed by atoms with E-state index in [0.29, 0.717) is 5.92 Å². The highest BCUT2D eigenvalue weighted by Crippen LogP contribution is 2.29. The van der Waals surface area contributed by atoms with Crippen LogP contribution >= 0.6 is 0 Å². The van der Waals surface area contributed by atoms with Crippen molar-refractivity contribution in [2.75, 3.05) is 13.1 Å². The van der Waals surface area contributed by atoms with Gasteiger partial charge in [-0.15, -0.1) is 10.2 Å². The zero-order valence-electron chi connectivity index (χ0n) is 15.6. The third-order valence-electron chi connectivity index (χ3n) is 5.95. The summed E-state index contributed by atoms with van der Waals surface area (Å²) in [4.78, 5) is 14.0. The van der Waals surface area contributed by atoms with Gasteiger partial charge in [0.15, 0.2) is 11.5 Å². The molecule has 3 aromatic rings. The SMILES string of the molecule is Cn1cc(CN2CCC(c3nnc4cc5c(nn34)CCC5)CC2)ccc1=O. The van der Waals surface area contributed by atoms with Crippen LogP contribution in [0.5, 0.6) is 0 Å². The summed E-state index contributed by atoms with van der Waals surface area (Å²) in [6, 6.07) is 5.75. The molecule has 140 valence electrons. The maximum Gasteiger partial charge on any atom is 0.250 e. The minimum Gasteiger partial charge on any atom is -0.318 e. The smallest absolute Gasteiger partial charge is 0.250 e. The molecule has 1 saturated heterocycles. The number of aryl methyl sites for hydroxylation is 3.